The molecule has 0 spiro atoms. The molecular formula is C22H19F3N4O3. The minimum atomic E-state index is -4.46. The summed E-state index contributed by atoms with van der Waals surface area (Å²) in [6.45, 7) is 0.587. The van der Waals surface area contributed by atoms with Crippen molar-refractivity contribution in [3.63, 3.8) is 0 Å². The highest BCUT2D eigenvalue weighted by Gasteiger charge is 2.45. The number of nitrogens with zero attached hydrogens (tertiary/aromatic N) is 4. The standard InChI is InChI=1S/C22H19F3N4O3/c23-22(24,25)14-4-6-18(28-11-14)32-17-10-13-3-5-16(17)29(12-13)21(30)15-2-1-7-26-19(15)20-27-8-9-31-20/h1-2,4,6-9,11,13,16-17H,3,5,10,12H2/t13-,16-,17+/m0/s1. The van der Waals surface area contributed by atoms with Crippen LogP contribution in [0.3, 0.4) is 0 Å². The summed E-state index contributed by atoms with van der Waals surface area (Å²) < 4.78 is 49.7. The fourth-order valence-electron chi connectivity index (χ4n) is 4.51. The van der Waals surface area contributed by atoms with E-state index in [0.717, 1.165) is 31.5 Å². The molecule has 10 heteroatoms. The van der Waals surface area contributed by atoms with Gasteiger partial charge in [-0.15, -0.1) is 0 Å². The quantitative estimate of drug-likeness (QED) is 0.599. The van der Waals surface area contributed by atoms with E-state index < -0.39 is 11.7 Å². The lowest BCUT2D eigenvalue weighted by molar-refractivity contribution is -0.137. The van der Waals surface area contributed by atoms with Gasteiger partial charge in [0.1, 0.15) is 18.1 Å². The number of piperidine rings is 2. The van der Waals surface area contributed by atoms with Crippen molar-refractivity contribution in [1.29, 1.82) is 0 Å². The third kappa shape index (κ3) is 3.80. The van der Waals surface area contributed by atoms with E-state index in [0.29, 0.717) is 17.8 Å². The Morgan fingerprint density at radius 1 is 1.12 bits per heavy atom. The van der Waals surface area contributed by atoms with Crippen molar-refractivity contribution in [3.05, 3.63) is 60.2 Å². The van der Waals surface area contributed by atoms with Gasteiger partial charge >= 0.3 is 6.18 Å². The van der Waals surface area contributed by atoms with Gasteiger partial charge < -0.3 is 14.1 Å². The molecule has 1 aliphatic carbocycles. The maximum atomic E-state index is 13.5. The van der Waals surface area contributed by atoms with Crippen LogP contribution in [-0.4, -0.2) is 44.4 Å². The summed E-state index contributed by atoms with van der Waals surface area (Å²) in [4.78, 5) is 27.5. The van der Waals surface area contributed by atoms with Crippen LogP contribution in [0.1, 0.15) is 35.2 Å². The van der Waals surface area contributed by atoms with E-state index in [1.807, 2.05) is 0 Å². The van der Waals surface area contributed by atoms with Crippen LogP contribution in [0.5, 0.6) is 5.88 Å². The Morgan fingerprint density at radius 2 is 2.00 bits per heavy atom. The Morgan fingerprint density at radius 3 is 2.69 bits per heavy atom. The molecule has 2 saturated heterocycles. The van der Waals surface area contributed by atoms with E-state index in [1.54, 1.807) is 23.2 Å². The van der Waals surface area contributed by atoms with Crippen LogP contribution >= 0.6 is 0 Å². The molecule has 32 heavy (non-hydrogen) atoms. The Balaban J connectivity index is 1.37. The number of pyridine rings is 2. The molecule has 2 bridgehead atoms. The van der Waals surface area contributed by atoms with Gasteiger partial charge in [-0.1, -0.05) is 0 Å². The van der Waals surface area contributed by atoms with E-state index in [-0.39, 0.29) is 35.7 Å². The van der Waals surface area contributed by atoms with Gasteiger partial charge in [0.05, 0.1) is 23.4 Å². The summed E-state index contributed by atoms with van der Waals surface area (Å²) in [6, 6.07) is 5.32. The Hall–Kier alpha value is -3.43. The summed E-state index contributed by atoms with van der Waals surface area (Å²) >= 11 is 0. The Bertz CT molecular complexity index is 1100. The number of aromatic nitrogens is 3. The van der Waals surface area contributed by atoms with Crippen LogP contribution in [0.2, 0.25) is 0 Å². The highest BCUT2D eigenvalue weighted by molar-refractivity contribution is 5.99. The third-order valence-corrected chi connectivity index (χ3v) is 5.99. The highest BCUT2D eigenvalue weighted by atomic mass is 19.4. The van der Waals surface area contributed by atoms with Gasteiger partial charge in [-0.05, 0) is 43.4 Å². The minimum Gasteiger partial charge on any atom is -0.472 e. The predicted octanol–water partition coefficient (Wildman–Crippen LogP) is 4.22. The number of amides is 1. The van der Waals surface area contributed by atoms with E-state index >= 15 is 0 Å². The largest absolute Gasteiger partial charge is 0.472 e. The van der Waals surface area contributed by atoms with E-state index in [4.69, 9.17) is 9.15 Å². The maximum Gasteiger partial charge on any atom is 0.417 e. The average Bonchev–Trinajstić information content (AvgIpc) is 3.33. The lowest BCUT2D eigenvalue weighted by Crippen LogP contribution is -2.59. The summed E-state index contributed by atoms with van der Waals surface area (Å²) in [6.07, 6.45) is 2.87. The number of rotatable bonds is 4. The summed E-state index contributed by atoms with van der Waals surface area (Å²) in [5.74, 6) is 0.419. The predicted molar refractivity (Wildman–Crippen MR) is 106 cm³/mol. The maximum absolute atomic E-state index is 13.5. The molecule has 5 heterocycles. The van der Waals surface area contributed by atoms with Crippen molar-refractivity contribution in [1.82, 2.24) is 19.9 Å². The molecule has 3 atom stereocenters. The first-order valence-electron chi connectivity index (χ1n) is 10.3. The van der Waals surface area contributed by atoms with Crippen molar-refractivity contribution in [2.45, 2.75) is 37.6 Å². The first kappa shape index (κ1) is 20.5. The fraction of sp³-hybridized carbons (Fsp3) is 0.364. The first-order valence-corrected chi connectivity index (χ1v) is 10.3. The van der Waals surface area contributed by atoms with Crippen molar-refractivity contribution < 1.29 is 27.1 Å². The van der Waals surface area contributed by atoms with Gasteiger partial charge in [0.15, 0.2) is 0 Å². The molecule has 3 aromatic rings. The van der Waals surface area contributed by atoms with Crippen molar-refractivity contribution in [2.75, 3.05) is 6.54 Å². The highest BCUT2D eigenvalue weighted by Crippen LogP contribution is 2.39. The van der Waals surface area contributed by atoms with Crippen LogP contribution < -0.4 is 4.74 Å². The fourth-order valence-corrected chi connectivity index (χ4v) is 4.51. The molecule has 166 valence electrons. The average molecular weight is 444 g/mol. The van der Waals surface area contributed by atoms with Crippen molar-refractivity contribution >= 4 is 5.91 Å². The number of oxazole rings is 1. The van der Waals surface area contributed by atoms with E-state index in [2.05, 4.69) is 15.0 Å². The summed E-state index contributed by atoms with van der Waals surface area (Å²) in [5, 5.41) is 0. The van der Waals surface area contributed by atoms with Crippen molar-refractivity contribution in [2.24, 2.45) is 5.92 Å². The van der Waals surface area contributed by atoms with Crippen LogP contribution in [0.4, 0.5) is 13.2 Å². The van der Waals surface area contributed by atoms with Gasteiger partial charge in [0.2, 0.25) is 11.8 Å². The van der Waals surface area contributed by atoms with Crippen LogP contribution in [0.15, 0.2) is 53.5 Å². The molecule has 3 aliphatic rings. The van der Waals surface area contributed by atoms with Gasteiger partial charge in [-0.2, -0.15) is 13.2 Å². The molecular weight excluding hydrogens is 425 g/mol. The second-order valence-corrected chi connectivity index (χ2v) is 7.98. The molecule has 6 rings (SSSR count). The lowest BCUT2D eigenvalue weighted by atomic mass is 9.77. The molecule has 7 nitrogen and oxygen atoms in total. The Kier molecular flexibility index (Phi) is 5.07. The molecule has 3 aromatic heterocycles. The van der Waals surface area contributed by atoms with E-state index in [1.165, 1.54) is 18.5 Å². The van der Waals surface area contributed by atoms with Crippen LogP contribution in [0.25, 0.3) is 11.6 Å². The zero-order valence-electron chi connectivity index (χ0n) is 16.8. The molecule has 2 aliphatic heterocycles. The first-order chi connectivity index (χ1) is 15.4. The van der Waals surface area contributed by atoms with Crippen LogP contribution in [-0.2, 0) is 6.18 Å². The van der Waals surface area contributed by atoms with Crippen molar-refractivity contribution in [3.8, 4) is 17.5 Å². The normalized spacial score (nSPS) is 22.7. The number of carbonyl (C=O) groups excluding carboxylic acids is 1. The van der Waals surface area contributed by atoms with Gasteiger partial charge in [0.25, 0.3) is 5.91 Å². The molecule has 1 saturated carbocycles. The van der Waals surface area contributed by atoms with Gasteiger partial charge in [-0.3, -0.25) is 9.78 Å². The summed E-state index contributed by atoms with van der Waals surface area (Å²) in [7, 11) is 0. The number of hydrogen-bond donors (Lipinski definition) is 0. The van der Waals surface area contributed by atoms with E-state index in [9.17, 15) is 18.0 Å². The number of ether oxygens (including phenoxy) is 1. The SMILES string of the molecule is O=C(c1cccnc1-c1ncco1)N1C[C@H]2CC[C@H]1[C@H](Oc1ccc(C(F)(F)F)cn1)C2. The number of halogens is 3. The number of alkyl halides is 3. The lowest BCUT2D eigenvalue weighted by Gasteiger charge is -2.49. The molecule has 1 amide bonds. The molecule has 3 fully saturated rings. The third-order valence-electron chi connectivity index (χ3n) is 5.99. The number of hydrogen-bond acceptors (Lipinski definition) is 6. The van der Waals surface area contributed by atoms with Gasteiger partial charge in [0, 0.05) is 25.0 Å². The number of carbonyl (C=O) groups is 1. The smallest absolute Gasteiger partial charge is 0.417 e. The second kappa shape index (κ2) is 7.92. The molecule has 0 N–H and O–H groups in total. The topological polar surface area (TPSA) is 81.4 Å². The zero-order chi connectivity index (χ0) is 22.3. The van der Waals surface area contributed by atoms with Crippen LogP contribution in [0, 0.1) is 5.92 Å². The Labute approximate surface area is 181 Å². The van der Waals surface area contributed by atoms with Gasteiger partial charge in [-0.25, -0.2) is 9.97 Å². The minimum absolute atomic E-state index is 0.116. The molecule has 0 aromatic carbocycles. The summed E-state index contributed by atoms with van der Waals surface area (Å²) in [5.41, 5.74) is -0.0813. The molecule has 0 unspecified atom stereocenters. The zero-order valence-corrected chi connectivity index (χ0v) is 16.8. The monoisotopic (exact) mass is 444 g/mol. The second-order valence-electron chi connectivity index (χ2n) is 7.98. The number of fused-ring (bicyclic) bond motifs is 3. The molecule has 0 radical (unpaired) electrons.